The summed E-state index contributed by atoms with van der Waals surface area (Å²) in [6, 6.07) is 10.5. The van der Waals surface area contributed by atoms with Crippen LogP contribution in [0, 0.1) is 12.7 Å². The molecule has 0 bridgehead atoms. The Bertz CT molecular complexity index is 730. The zero-order valence-electron chi connectivity index (χ0n) is 10.9. The highest BCUT2D eigenvalue weighted by Crippen LogP contribution is 2.17. The van der Waals surface area contributed by atoms with Gasteiger partial charge in [-0.1, -0.05) is 24.3 Å². The van der Waals surface area contributed by atoms with E-state index in [1.54, 1.807) is 25.1 Å². The normalized spacial score (nSPS) is 11.5. The van der Waals surface area contributed by atoms with Crippen molar-refractivity contribution in [2.45, 2.75) is 18.4 Å². The van der Waals surface area contributed by atoms with E-state index in [0.717, 1.165) is 5.56 Å². The third-order valence-corrected chi connectivity index (χ3v) is 4.37. The molecule has 106 valence electrons. The van der Waals surface area contributed by atoms with E-state index in [1.165, 1.54) is 24.3 Å². The fourth-order valence-corrected chi connectivity index (χ4v) is 2.73. The van der Waals surface area contributed by atoms with Gasteiger partial charge in [-0.3, -0.25) is 0 Å². The molecule has 0 aromatic heterocycles. The van der Waals surface area contributed by atoms with E-state index in [0.29, 0.717) is 5.69 Å². The number of halogens is 1. The molecule has 0 heterocycles. The van der Waals surface area contributed by atoms with Gasteiger partial charge in [0.1, 0.15) is 5.82 Å². The van der Waals surface area contributed by atoms with Crippen molar-refractivity contribution in [1.82, 2.24) is 4.72 Å². The van der Waals surface area contributed by atoms with Crippen LogP contribution in [0.25, 0.3) is 0 Å². The molecule has 0 fully saturated rings. The summed E-state index contributed by atoms with van der Waals surface area (Å²) in [6.07, 6.45) is 0. The number of nitrogens with two attached hydrogens (primary N) is 1. The van der Waals surface area contributed by atoms with Crippen LogP contribution in [0.3, 0.4) is 0 Å². The van der Waals surface area contributed by atoms with Gasteiger partial charge in [0.25, 0.3) is 0 Å². The second-order valence-electron chi connectivity index (χ2n) is 4.43. The maximum atomic E-state index is 13.4. The Kier molecular flexibility index (Phi) is 4.06. The number of sulfonamides is 1. The number of hydrogen-bond acceptors (Lipinski definition) is 3. The summed E-state index contributed by atoms with van der Waals surface area (Å²) in [6.45, 7) is 1.68. The van der Waals surface area contributed by atoms with Crippen LogP contribution in [0.4, 0.5) is 10.1 Å². The average molecular weight is 294 g/mol. The van der Waals surface area contributed by atoms with Crippen LogP contribution in [0.15, 0.2) is 47.4 Å². The number of rotatable bonds is 4. The zero-order valence-corrected chi connectivity index (χ0v) is 11.7. The van der Waals surface area contributed by atoms with Crippen LogP contribution in [0.2, 0.25) is 0 Å². The van der Waals surface area contributed by atoms with Gasteiger partial charge in [0.15, 0.2) is 0 Å². The van der Waals surface area contributed by atoms with E-state index in [4.69, 9.17) is 5.73 Å². The van der Waals surface area contributed by atoms with E-state index in [1.807, 2.05) is 0 Å². The molecule has 3 N–H and O–H groups in total. The van der Waals surface area contributed by atoms with Crippen molar-refractivity contribution in [1.29, 1.82) is 0 Å². The number of nitrogens with one attached hydrogen (secondary N) is 1. The number of anilines is 1. The van der Waals surface area contributed by atoms with Gasteiger partial charge in [0.2, 0.25) is 10.0 Å². The van der Waals surface area contributed by atoms with Crippen molar-refractivity contribution >= 4 is 15.7 Å². The van der Waals surface area contributed by atoms with Crippen LogP contribution < -0.4 is 10.5 Å². The van der Waals surface area contributed by atoms with Crippen LogP contribution in [-0.2, 0) is 16.6 Å². The SMILES string of the molecule is Cc1ccc(S(=O)(=O)NCc2ccccc2F)cc1N. The average Bonchev–Trinajstić information content (AvgIpc) is 2.41. The van der Waals surface area contributed by atoms with Crippen LogP contribution >= 0.6 is 0 Å². The van der Waals surface area contributed by atoms with E-state index in [-0.39, 0.29) is 17.0 Å². The van der Waals surface area contributed by atoms with Crippen molar-refractivity contribution in [3.05, 3.63) is 59.4 Å². The smallest absolute Gasteiger partial charge is 0.240 e. The third-order valence-electron chi connectivity index (χ3n) is 2.97. The van der Waals surface area contributed by atoms with Gasteiger partial charge in [-0.2, -0.15) is 0 Å². The first-order valence-corrected chi connectivity index (χ1v) is 7.47. The lowest BCUT2D eigenvalue weighted by Gasteiger charge is -2.09. The highest BCUT2D eigenvalue weighted by molar-refractivity contribution is 7.89. The first-order chi connectivity index (χ1) is 9.40. The fraction of sp³-hybridized carbons (Fsp3) is 0.143. The largest absolute Gasteiger partial charge is 0.398 e. The monoisotopic (exact) mass is 294 g/mol. The summed E-state index contributed by atoms with van der Waals surface area (Å²) in [5.41, 5.74) is 7.19. The van der Waals surface area contributed by atoms with Gasteiger partial charge < -0.3 is 5.73 Å². The van der Waals surface area contributed by atoms with Crippen molar-refractivity contribution in [3.63, 3.8) is 0 Å². The molecule has 0 aliphatic carbocycles. The highest BCUT2D eigenvalue weighted by atomic mass is 32.2. The van der Waals surface area contributed by atoms with E-state index >= 15 is 0 Å². The molecule has 0 aliphatic rings. The lowest BCUT2D eigenvalue weighted by Crippen LogP contribution is -2.23. The van der Waals surface area contributed by atoms with Crippen molar-refractivity contribution in [2.75, 3.05) is 5.73 Å². The summed E-state index contributed by atoms with van der Waals surface area (Å²) in [5, 5.41) is 0. The molecule has 20 heavy (non-hydrogen) atoms. The fourth-order valence-electron chi connectivity index (χ4n) is 1.68. The zero-order chi connectivity index (χ0) is 14.8. The molecule has 0 spiro atoms. The van der Waals surface area contributed by atoms with Gasteiger partial charge in [0, 0.05) is 17.8 Å². The molecule has 0 saturated carbocycles. The molecule has 2 aromatic rings. The standard InChI is InChI=1S/C14H15FN2O2S/c1-10-6-7-12(8-14(10)16)20(18,19)17-9-11-4-2-3-5-13(11)15/h2-8,17H,9,16H2,1H3. The predicted octanol–water partition coefficient (Wildman–Crippen LogP) is 2.19. The summed E-state index contributed by atoms with van der Waals surface area (Å²) < 4.78 is 40.0. The predicted molar refractivity (Wildman–Crippen MR) is 76.0 cm³/mol. The molecule has 0 saturated heterocycles. The number of benzene rings is 2. The Hall–Kier alpha value is -1.92. The van der Waals surface area contributed by atoms with Gasteiger partial charge >= 0.3 is 0 Å². The van der Waals surface area contributed by atoms with Crippen LogP contribution in [0.1, 0.15) is 11.1 Å². The lowest BCUT2D eigenvalue weighted by molar-refractivity contribution is 0.574. The minimum atomic E-state index is -3.71. The summed E-state index contributed by atoms with van der Waals surface area (Å²) in [7, 11) is -3.71. The van der Waals surface area contributed by atoms with Crippen molar-refractivity contribution in [3.8, 4) is 0 Å². The second-order valence-corrected chi connectivity index (χ2v) is 6.20. The number of hydrogen-bond donors (Lipinski definition) is 2. The first kappa shape index (κ1) is 14.5. The Morgan fingerprint density at radius 3 is 2.55 bits per heavy atom. The van der Waals surface area contributed by atoms with E-state index in [9.17, 15) is 12.8 Å². The summed E-state index contributed by atoms with van der Waals surface area (Å²) >= 11 is 0. The van der Waals surface area contributed by atoms with Gasteiger partial charge in [-0.15, -0.1) is 0 Å². The molecule has 2 aromatic carbocycles. The third kappa shape index (κ3) is 3.15. The molecule has 0 amide bonds. The minimum absolute atomic E-state index is 0.0666. The molecule has 4 nitrogen and oxygen atoms in total. The quantitative estimate of drug-likeness (QED) is 0.849. The van der Waals surface area contributed by atoms with Gasteiger partial charge in [-0.25, -0.2) is 17.5 Å². The van der Waals surface area contributed by atoms with Crippen LogP contribution in [0.5, 0.6) is 0 Å². The highest BCUT2D eigenvalue weighted by Gasteiger charge is 2.15. The Morgan fingerprint density at radius 2 is 1.90 bits per heavy atom. The van der Waals surface area contributed by atoms with Crippen molar-refractivity contribution in [2.24, 2.45) is 0 Å². The molecule has 2 rings (SSSR count). The summed E-state index contributed by atoms with van der Waals surface area (Å²) in [4.78, 5) is 0.0666. The minimum Gasteiger partial charge on any atom is -0.398 e. The number of aryl methyl sites for hydroxylation is 1. The Labute approximate surface area is 117 Å². The van der Waals surface area contributed by atoms with E-state index < -0.39 is 15.8 Å². The van der Waals surface area contributed by atoms with Crippen LogP contribution in [-0.4, -0.2) is 8.42 Å². The van der Waals surface area contributed by atoms with Crippen molar-refractivity contribution < 1.29 is 12.8 Å². The lowest BCUT2D eigenvalue weighted by atomic mass is 10.2. The molecule has 0 atom stereocenters. The van der Waals surface area contributed by atoms with E-state index in [2.05, 4.69) is 4.72 Å². The molecule has 0 unspecified atom stereocenters. The molecule has 0 aliphatic heterocycles. The topological polar surface area (TPSA) is 72.2 Å². The molecule has 6 heteroatoms. The van der Waals surface area contributed by atoms with Gasteiger partial charge in [-0.05, 0) is 30.7 Å². The molecule has 0 radical (unpaired) electrons. The maximum absolute atomic E-state index is 13.4. The summed E-state index contributed by atoms with van der Waals surface area (Å²) in [5.74, 6) is -0.446. The molecular formula is C14H15FN2O2S. The number of nitrogen functional groups attached to an aromatic ring is 1. The Morgan fingerprint density at radius 1 is 1.20 bits per heavy atom. The Balaban J connectivity index is 2.19. The molecular weight excluding hydrogens is 279 g/mol. The second kappa shape index (κ2) is 5.60. The maximum Gasteiger partial charge on any atom is 0.240 e. The van der Waals surface area contributed by atoms with Gasteiger partial charge in [0.05, 0.1) is 4.90 Å². The first-order valence-electron chi connectivity index (χ1n) is 5.99.